The van der Waals surface area contributed by atoms with Crippen molar-refractivity contribution in [3.8, 4) is 17.2 Å². The number of benzene rings is 3. The van der Waals surface area contributed by atoms with Crippen molar-refractivity contribution < 1.29 is 31.8 Å². The Hall–Kier alpha value is -3.79. The first kappa shape index (κ1) is 24.9. The molecule has 0 aromatic heterocycles. The molecule has 194 valence electrons. The zero-order valence-corrected chi connectivity index (χ0v) is 21.1. The number of aryl methyl sites for hydroxylation is 1. The fourth-order valence-electron chi connectivity index (χ4n) is 4.70. The number of amides is 1. The molecule has 0 saturated carbocycles. The third-order valence-corrected chi connectivity index (χ3v) is 8.25. The Bertz CT molecular complexity index is 1430. The smallest absolute Gasteiger partial charge is 0.264 e. The van der Waals surface area contributed by atoms with Crippen LogP contribution in [0.15, 0.2) is 65.6 Å². The fourth-order valence-corrected chi connectivity index (χ4v) is 6.12. The molecule has 10 heteroatoms. The predicted octanol–water partition coefficient (Wildman–Crippen LogP) is 3.99. The van der Waals surface area contributed by atoms with Crippen LogP contribution in [0, 0.1) is 5.82 Å². The van der Waals surface area contributed by atoms with Gasteiger partial charge in [-0.2, -0.15) is 0 Å². The summed E-state index contributed by atoms with van der Waals surface area (Å²) >= 11 is 0. The number of carbonyl (C=O) groups excluding carboxylic acids is 1. The number of fused-ring (bicyclic) bond motifs is 2. The van der Waals surface area contributed by atoms with Crippen LogP contribution in [0.1, 0.15) is 30.0 Å². The van der Waals surface area contributed by atoms with Gasteiger partial charge >= 0.3 is 0 Å². The van der Waals surface area contributed by atoms with E-state index in [1.54, 1.807) is 7.11 Å². The summed E-state index contributed by atoms with van der Waals surface area (Å²) in [5.74, 6) is 0.362. The zero-order chi connectivity index (χ0) is 26.0. The number of nitrogens with zero attached hydrogens (tertiary/aromatic N) is 1. The van der Waals surface area contributed by atoms with E-state index in [-0.39, 0.29) is 16.6 Å². The van der Waals surface area contributed by atoms with Crippen LogP contribution in [0.3, 0.4) is 0 Å². The van der Waals surface area contributed by atoms with E-state index in [0.29, 0.717) is 24.7 Å². The van der Waals surface area contributed by atoms with Gasteiger partial charge in [-0.15, -0.1) is 0 Å². The van der Waals surface area contributed by atoms with Gasteiger partial charge in [0.2, 0.25) is 5.91 Å². The standard InChI is InChI=1S/C27H27FN2O6S/c1-34-21-8-10-23-18(14-21)4-2-7-24(23)29-27(31)17-30(20-6-3-5-19(28)15-20)37(32,33)22-9-11-25-26(16-22)36-13-12-35-25/h3,5-6,8-11,14-16,24H,2,4,7,12-13,17H2,1H3,(H,29,31). The first-order valence-corrected chi connectivity index (χ1v) is 13.4. The molecule has 1 atom stereocenters. The summed E-state index contributed by atoms with van der Waals surface area (Å²) in [6, 6.07) is 14.9. The maximum Gasteiger partial charge on any atom is 0.264 e. The first-order valence-electron chi connectivity index (χ1n) is 12.0. The normalized spacial score (nSPS) is 16.4. The zero-order valence-electron chi connectivity index (χ0n) is 20.3. The number of nitrogens with one attached hydrogen (secondary N) is 1. The molecule has 5 rings (SSSR count). The van der Waals surface area contributed by atoms with Crippen molar-refractivity contribution in [3.05, 3.63) is 77.6 Å². The molecule has 3 aromatic rings. The Balaban J connectivity index is 1.43. The SMILES string of the molecule is COc1ccc2c(c1)CCCC2NC(=O)CN(c1cccc(F)c1)S(=O)(=O)c1ccc2c(c1)OCCO2. The van der Waals surface area contributed by atoms with Gasteiger partial charge in [0.25, 0.3) is 10.0 Å². The Morgan fingerprint density at radius 3 is 2.68 bits per heavy atom. The summed E-state index contributed by atoms with van der Waals surface area (Å²) in [6.45, 7) is 0.134. The monoisotopic (exact) mass is 526 g/mol. The van der Waals surface area contributed by atoms with Gasteiger partial charge < -0.3 is 19.5 Å². The van der Waals surface area contributed by atoms with E-state index >= 15 is 0 Å². The largest absolute Gasteiger partial charge is 0.497 e. The second kappa shape index (κ2) is 10.3. The third kappa shape index (κ3) is 5.20. The topological polar surface area (TPSA) is 94.2 Å². The quantitative estimate of drug-likeness (QED) is 0.500. The van der Waals surface area contributed by atoms with Gasteiger partial charge in [-0.25, -0.2) is 12.8 Å². The van der Waals surface area contributed by atoms with Crippen LogP contribution in [-0.4, -0.2) is 41.2 Å². The summed E-state index contributed by atoms with van der Waals surface area (Å²) in [6.07, 6.45) is 2.46. The highest BCUT2D eigenvalue weighted by atomic mass is 32.2. The van der Waals surface area contributed by atoms with Crippen molar-refractivity contribution >= 4 is 21.6 Å². The fraction of sp³-hybridized carbons (Fsp3) is 0.296. The molecule has 2 aliphatic rings. The van der Waals surface area contributed by atoms with Crippen molar-refractivity contribution in [3.63, 3.8) is 0 Å². The minimum atomic E-state index is -4.26. The molecule has 1 N–H and O–H groups in total. The predicted molar refractivity (Wildman–Crippen MR) is 135 cm³/mol. The van der Waals surface area contributed by atoms with Crippen molar-refractivity contribution in [2.24, 2.45) is 0 Å². The Kier molecular flexibility index (Phi) is 6.92. The van der Waals surface area contributed by atoms with E-state index in [4.69, 9.17) is 14.2 Å². The Labute approximate surface area is 215 Å². The van der Waals surface area contributed by atoms with E-state index in [2.05, 4.69) is 5.32 Å². The molecular weight excluding hydrogens is 499 g/mol. The summed E-state index contributed by atoms with van der Waals surface area (Å²) in [5, 5.41) is 2.98. The number of methoxy groups -OCH3 is 1. The third-order valence-electron chi connectivity index (χ3n) is 6.48. The van der Waals surface area contributed by atoms with E-state index in [1.807, 2.05) is 18.2 Å². The summed E-state index contributed by atoms with van der Waals surface area (Å²) < 4.78 is 58.8. The second-order valence-electron chi connectivity index (χ2n) is 8.87. The number of halogens is 1. The molecule has 0 bridgehead atoms. The van der Waals surface area contributed by atoms with Crippen LogP contribution in [-0.2, 0) is 21.2 Å². The van der Waals surface area contributed by atoms with Crippen molar-refractivity contribution in [2.45, 2.75) is 30.2 Å². The van der Waals surface area contributed by atoms with Crippen molar-refractivity contribution in [2.75, 3.05) is 31.2 Å². The number of anilines is 1. The summed E-state index contributed by atoms with van der Waals surface area (Å²) in [7, 11) is -2.65. The lowest BCUT2D eigenvalue weighted by atomic mass is 9.87. The molecule has 3 aromatic carbocycles. The maximum absolute atomic E-state index is 14.1. The van der Waals surface area contributed by atoms with Crippen molar-refractivity contribution in [1.82, 2.24) is 5.32 Å². The lowest BCUT2D eigenvalue weighted by molar-refractivity contribution is -0.120. The lowest BCUT2D eigenvalue weighted by Crippen LogP contribution is -2.42. The highest BCUT2D eigenvalue weighted by molar-refractivity contribution is 7.92. The molecule has 1 aliphatic heterocycles. The highest BCUT2D eigenvalue weighted by Gasteiger charge is 2.30. The van der Waals surface area contributed by atoms with Crippen molar-refractivity contribution in [1.29, 1.82) is 0 Å². The maximum atomic E-state index is 14.1. The molecule has 1 unspecified atom stereocenters. The van der Waals surface area contributed by atoms with Crippen LogP contribution in [0.25, 0.3) is 0 Å². The van der Waals surface area contributed by atoms with Gasteiger partial charge in [0, 0.05) is 6.07 Å². The minimum absolute atomic E-state index is 0.0406. The van der Waals surface area contributed by atoms with E-state index in [1.165, 1.54) is 36.4 Å². The van der Waals surface area contributed by atoms with Crippen LogP contribution in [0.2, 0.25) is 0 Å². The molecule has 1 amide bonds. The lowest BCUT2D eigenvalue weighted by Gasteiger charge is -2.29. The average Bonchev–Trinajstić information content (AvgIpc) is 2.91. The van der Waals surface area contributed by atoms with Gasteiger partial charge in [0.05, 0.1) is 23.7 Å². The average molecular weight is 527 g/mol. The van der Waals surface area contributed by atoms with Gasteiger partial charge in [0.15, 0.2) is 11.5 Å². The number of carbonyl (C=O) groups is 1. The van der Waals surface area contributed by atoms with Crippen LogP contribution < -0.4 is 23.8 Å². The number of sulfonamides is 1. The van der Waals surface area contributed by atoms with E-state index in [9.17, 15) is 17.6 Å². The number of ether oxygens (including phenoxy) is 3. The second-order valence-corrected chi connectivity index (χ2v) is 10.7. The summed E-state index contributed by atoms with van der Waals surface area (Å²) in [5.41, 5.74) is 2.10. The molecule has 1 aliphatic carbocycles. The molecule has 0 saturated heterocycles. The van der Waals surface area contributed by atoms with Gasteiger partial charge in [-0.3, -0.25) is 9.10 Å². The molecule has 0 fully saturated rings. The van der Waals surface area contributed by atoms with E-state index in [0.717, 1.165) is 46.5 Å². The molecule has 0 radical (unpaired) electrons. The van der Waals surface area contributed by atoms with Crippen LogP contribution in [0.4, 0.5) is 10.1 Å². The highest BCUT2D eigenvalue weighted by Crippen LogP contribution is 2.35. The molecule has 37 heavy (non-hydrogen) atoms. The van der Waals surface area contributed by atoms with E-state index < -0.39 is 28.3 Å². The molecule has 0 spiro atoms. The Morgan fingerprint density at radius 1 is 1.08 bits per heavy atom. The van der Waals surface area contributed by atoms with Crippen LogP contribution in [0.5, 0.6) is 17.2 Å². The van der Waals surface area contributed by atoms with Gasteiger partial charge in [0.1, 0.15) is 31.3 Å². The number of rotatable bonds is 7. The van der Waals surface area contributed by atoms with Gasteiger partial charge in [-0.05, 0) is 72.9 Å². The number of hydrogen-bond donors (Lipinski definition) is 1. The summed E-state index contributed by atoms with van der Waals surface area (Å²) in [4.78, 5) is 13.1. The Morgan fingerprint density at radius 2 is 1.89 bits per heavy atom. The number of hydrogen-bond acceptors (Lipinski definition) is 6. The minimum Gasteiger partial charge on any atom is -0.497 e. The first-order chi connectivity index (χ1) is 17.8. The molecule has 1 heterocycles. The molecule has 8 nitrogen and oxygen atoms in total. The molecular formula is C27H27FN2O6S. The van der Waals surface area contributed by atoms with Gasteiger partial charge in [-0.1, -0.05) is 12.1 Å². The van der Waals surface area contributed by atoms with Crippen LogP contribution >= 0.6 is 0 Å².